The number of aromatic nitrogens is 2. The Bertz CT molecular complexity index is 622. The Hall–Kier alpha value is -2.01. The van der Waals surface area contributed by atoms with Crippen LogP contribution in [-0.2, 0) is 12.8 Å². The molecule has 1 heterocycles. The van der Waals surface area contributed by atoms with Crippen molar-refractivity contribution in [3.8, 4) is 0 Å². The molecule has 0 amide bonds. The first kappa shape index (κ1) is 13.4. The lowest BCUT2D eigenvalue weighted by Crippen LogP contribution is -2.03. The molecule has 0 fully saturated rings. The molecule has 0 unspecified atom stereocenters. The van der Waals surface area contributed by atoms with Crippen molar-refractivity contribution in [2.45, 2.75) is 19.8 Å². The summed E-state index contributed by atoms with van der Waals surface area (Å²) in [5.41, 5.74) is 8.62. The normalized spacial score (nSPS) is 10.6. The van der Waals surface area contributed by atoms with Crippen LogP contribution in [0.25, 0.3) is 0 Å². The van der Waals surface area contributed by atoms with Gasteiger partial charge < -0.3 is 10.8 Å². The summed E-state index contributed by atoms with van der Waals surface area (Å²) in [7, 11) is 0. The number of anilines is 1. The van der Waals surface area contributed by atoms with Gasteiger partial charge in [0.25, 0.3) is 0 Å². The van der Waals surface area contributed by atoms with Gasteiger partial charge in [-0.25, -0.2) is 4.79 Å². The van der Waals surface area contributed by atoms with E-state index in [1.165, 1.54) is 0 Å². The SMILES string of the molecule is Cc1[nH]nc(CCc2ccc(Cl)c(N)c2)c1C(=O)O. The van der Waals surface area contributed by atoms with Crippen molar-refractivity contribution in [2.24, 2.45) is 0 Å². The summed E-state index contributed by atoms with van der Waals surface area (Å²) in [6, 6.07) is 5.40. The monoisotopic (exact) mass is 279 g/mol. The van der Waals surface area contributed by atoms with E-state index in [9.17, 15) is 4.79 Å². The summed E-state index contributed by atoms with van der Waals surface area (Å²) in [5, 5.41) is 16.4. The maximum atomic E-state index is 11.1. The molecule has 0 aliphatic rings. The second-order valence-corrected chi connectivity index (χ2v) is 4.74. The van der Waals surface area contributed by atoms with Crippen LogP contribution in [0, 0.1) is 6.92 Å². The van der Waals surface area contributed by atoms with Crippen LogP contribution in [0.5, 0.6) is 0 Å². The molecule has 0 aliphatic carbocycles. The second-order valence-electron chi connectivity index (χ2n) is 4.33. The third-order valence-corrected chi connectivity index (χ3v) is 3.29. The fourth-order valence-electron chi connectivity index (χ4n) is 1.96. The van der Waals surface area contributed by atoms with Gasteiger partial charge in [-0.3, -0.25) is 5.10 Å². The molecule has 6 heteroatoms. The van der Waals surface area contributed by atoms with E-state index in [4.69, 9.17) is 22.4 Å². The number of carboxylic acid groups (broad SMARTS) is 1. The summed E-state index contributed by atoms with van der Waals surface area (Å²) < 4.78 is 0. The molecule has 100 valence electrons. The number of halogens is 1. The molecule has 0 saturated carbocycles. The number of aromatic amines is 1. The third-order valence-electron chi connectivity index (χ3n) is 2.95. The molecule has 0 radical (unpaired) electrons. The molecule has 1 aromatic heterocycles. The maximum Gasteiger partial charge on any atom is 0.339 e. The van der Waals surface area contributed by atoms with Gasteiger partial charge in [-0.15, -0.1) is 0 Å². The van der Waals surface area contributed by atoms with Crippen molar-refractivity contribution in [3.63, 3.8) is 0 Å². The number of nitrogens with one attached hydrogen (secondary N) is 1. The molecule has 0 aliphatic heterocycles. The highest BCUT2D eigenvalue weighted by molar-refractivity contribution is 6.33. The molecule has 19 heavy (non-hydrogen) atoms. The van der Waals surface area contributed by atoms with Crippen molar-refractivity contribution in [1.82, 2.24) is 10.2 Å². The first-order chi connectivity index (χ1) is 8.99. The van der Waals surface area contributed by atoms with Crippen molar-refractivity contribution in [1.29, 1.82) is 0 Å². The Morgan fingerprint density at radius 3 is 2.84 bits per heavy atom. The van der Waals surface area contributed by atoms with E-state index in [1.807, 2.05) is 6.07 Å². The van der Waals surface area contributed by atoms with Crippen LogP contribution in [-0.4, -0.2) is 21.3 Å². The quantitative estimate of drug-likeness (QED) is 0.750. The zero-order chi connectivity index (χ0) is 14.0. The van der Waals surface area contributed by atoms with Gasteiger partial charge >= 0.3 is 5.97 Å². The lowest BCUT2D eigenvalue weighted by atomic mass is 10.0. The number of carbonyl (C=O) groups is 1. The van der Waals surface area contributed by atoms with Gasteiger partial charge in [0.15, 0.2) is 0 Å². The fraction of sp³-hybridized carbons (Fsp3) is 0.231. The van der Waals surface area contributed by atoms with Gasteiger partial charge in [0, 0.05) is 5.69 Å². The predicted molar refractivity (Wildman–Crippen MR) is 73.6 cm³/mol. The molecule has 0 spiro atoms. The van der Waals surface area contributed by atoms with Gasteiger partial charge in [0.2, 0.25) is 0 Å². The van der Waals surface area contributed by atoms with Gasteiger partial charge in [-0.1, -0.05) is 17.7 Å². The van der Waals surface area contributed by atoms with E-state index in [1.54, 1.807) is 19.1 Å². The second kappa shape index (κ2) is 5.32. The van der Waals surface area contributed by atoms with E-state index in [-0.39, 0.29) is 5.56 Å². The Balaban J connectivity index is 2.14. The van der Waals surface area contributed by atoms with E-state index in [0.717, 1.165) is 5.56 Å². The van der Waals surface area contributed by atoms with Crippen molar-refractivity contribution in [2.75, 3.05) is 5.73 Å². The van der Waals surface area contributed by atoms with Crippen molar-refractivity contribution >= 4 is 23.3 Å². The van der Waals surface area contributed by atoms with Crippen LogP contribution in [0.4, 0.5) is 5.69 Å². The number of aromatic carboxylic acids is 1. The number of aryl methyl sites for hydroxylation is 3. The summed E-state index contributed by atoms with van der Waals surface area (Å²) >= 11 is 5.85. The fourth-order valence-corrected chi connectivity index (χ4v) is 2.07. The van der Waals surface area contributed by atoms with Gasteiger partial charge in [-0.2, -0.15) is 5.10 Å². The minimum absolute atomic E-state index is 0.252. The number of H-pyrrole nitrogens is 1. The first-order valence-electron chi connectivity index (χ1n) is 5.80. The number of nitrogens with two attached hydrogens (primary N) is 1. The number of hydrogen-bond acceptors (Lipinski definition) is 3. The lowest BCUT2D eigenvalue weighted by molar-refractivity contribution is 0.0695. The standard InChI is InChI=1S/C13H14ClN3O2/c1-7-12(13(18)19)11(17-16-7)5-3-8-2-4-9(14)10(15)6-8/h2,4,6H,3,5,15H2,1H3,(H,16,17)(H,18,19). The van der Waals surface area contributed by atoms with Gasteiger partial charge in [0.1, 0.15) is 5.56 Å². The average Bonchev–Trinajstić information content (AvgIpc) is 2.72. The van der Waals surface area contributed by atoms with Crippen LogP contribution in [0.3, 0.4) is 0 Å². The Labute approximate surface area is 115 Å². The topological polar surface area (TPSA) is 92.0 Å². The largest absolute Gasteiger partial charge is 0.478 e. The zero-order valence-electron chi connectivity index (χ0n) is 10.4. The summed E-state index contributed by atoms with van der Waals surface area (Å²) in [6.45, 7) is 1.69. The highest BCUT2D eigenvalue weighted by Crippen LogP contribution is 2.21. The molecule has 5 nitrogen and oxygen atoms in total. The number of nitrogens with zero attached hydrogens (tertiary/aromatic N) is 1. The van der Waals surface area contributed by atoms with Crippen LogP contribution in [0.1, 0.15) is 27.3 Å². The van der Waals surface area contributed by atoms with Crippen LogP contribution in [0.15, 0.2) is 18.2 Å². The average molecular weight is 280 g/mol. The minimum Gasteiger partial charge on any atom is -0.478 e. The number of nitrogen functional groups attached to an aromatic ring is 1. The van der Waals surface area contributed by atoms with E-state index in [2.05, 4.69) is 10.2 Å². The first-order valence-corrected chi connectivity index (χ1v) is 6.18. The van der Waals surface area contributed by atoms with E-state index < -0.39 is 5.97 Å². The molecular weight excluding hydrogens is 266 g/mol. The smallest absolute Gasteiger partial charge is 0.339 e. The predicted octanol–water partition coefficient (Wildman–Crippen LogP) is 2.44. The van der Waals surface area contributed by atoms with Crippen molar-refractivity contribution in [3.05, 3.63) is 45.7 Å². The van der Waals surface area contributed by atoms with Crippen molar-refractivity contribution < 1.29 is 9.90 Å². The molecule has 2 rings (SSSR count). The highest BCUT2D eigenvalue weighted by atomic mass is 35.5. The minimum atomic E-state index is -0.961. The highest BCUT2D eigenvalue weighted by Gasteiger charge is 2.16. The number of benzene rings is 1. The molecule has 1 aromatic carbocycles. The van der Waals surface area contributed by atoms with E-state index in [0.29, 0.717) is 34.9 Å². The molecule has 2 aromatic rings. The summed E-state index contributed by atoms with van der Waals surface area (Å²) in [5.74, 6) is -0.961. The van der Waals surface area contributed by atoms with Gasteiger partial charge in [0.05, 0.1) is 16.4 Å². The number of rotatable bonds is 4. The molecule has 4 N–H and O–H groups in total. The molecule has 0 bridgehead atoms. The zero-order valence-corrected chi connectivity index (χ0v) is 11.2. The van der Waals surface area contributed by atoms with Crippen LogP contribution >= 0.6 is 11.6 Å². The Morgan fingerprint density at radius 1 is 1.47 bits per heavy atom. The molecule has 0 saturated heterocycles. The summed E-state index contributed by atoms with van der Waals surface area (Å²) in [4.78, 5) is 11.1. The van der Waals surface area contributed by atoms with Crippen LogP contribution < -0.4 is 5.73 Å². The summed E-state index contributed by atoms with van der Waals surface area (Å²) in [6.07, 6.45) is 1.19. The molecular formula is C13H14ClN3O2. The third kappa shape index (κ3) is 2.88. The Morgan fingerprint density at radius 2 is 2.21 bits per heavy atom. The molecule has 0 atom stereocenters. The van der Waals surface area contributed by atoms with Gasteiger partial charge in [-0.05, 0) is 37.5 Å². The Kier molecular flexibility index (Phi) is 3.76. The van der Waals surface area contributed by atoms with Crippen LogP contribution in [0.2, 0.25) is 5.02 Å². The maximum absolute atomic E-state index is 11.1. The lowest BCUT2D eigenvalue weighted by Gasteiger charge is -2.04. The number of carboxylic acids is 1. The number of hydrogen-bond donors (Lipinski definition) is 3. The van der Waals surface area contributed by atoms with E-state index >= 15 is 0 Å².